The van der Waals surface area contributed by atoms with Gasteiger partial charge < -0.3 is 13.9 Å². The summed E-state index contributed by atoms with van der Waals surface area (Å²) < 4.78 is 14.8. The van der Waals surface area contributed by atoms with Crippen LogP contribution < -0.4 is 10.7 Å². The molecule has 0 aliphatic heterocycles. The lowest BCUT2D eigenvalue weighted by atomic mass is 10.1. The Morgan fingerprint density at radius 1 is 1.25 bits per heavy atom. The van der Waals surface area contributed by atoms with E-state index in [1.165, 1.54) is 12.3 Å². The highest BCUT2D eigenvalue weighted by Gasteiger charge is 2.01. The third kappa shape index (κ3) is 8.45. The average molecular weight is 337 g/mol. The molecular formula is C18H27NO5. The second-order valence-corrected chi connectivity index (χ2v) is 4.74. The van der Waals surface area contributed by atoms with Crippen LogP contribution >= 0.6 is 0 Å². The normalized spacial score (nSPS) is 9.58. The van der Waals surface area contributed by atoms with Gasteiger partial charge in [-0.1, -0.05) is 19.9 Å². The summed E-state index contributed by atoms with van der Waals surface area (Å²) in [6.07, 6.45) is 1.68. The summed E-state index contributed by atoms with van der Waals surface area (Å²) in [5.74, 6) is 0. The molecule has 0 aliphatic carbocycles. The predicted molar refractivity (Wildman–Crippen MR) is 94.8 cm³/mol. The van der Waals surface area contributed by atoms with Gasteiger partial charge in [-0.3, -0.25) is 14.9 Å². The van der Waals surface area contributed by atoms with Crippen molar-refractivity contribution in [3.8, 4) is 0 Å². The Labute approximate surface area is 142 Å². The smallest absolute Gasteiger partial charge is 0.293 e. The van der Waals surface area contributed by atoms with Crippen LogP contribution in [0.5, 0.6) is 0 Å². The zero-order valence-electron chi connectivity index (χ0n) is 15.0. The van der Waals surface area contributed by atoms with E-state index in [2.05, 4.69) is 10.1 Å². The zero-order chi connectivity index (χ0) is 18.4. The minimum Gasteiger partial charge on any atom is -0.464 e. The molecule has 1 N–H and O–H groups in total. The lowest BCUT2D eigenvalue weighted by Crippen LogP contribution is -2.15. The second-order valence-electron chi connectivity index (χ2n) is 4.74. The summed E-state index contributed by atoms with van der Waals surface area (Å²) in [6.45, 7) is 9.23. The number of benzene rings is 1. The first-order chi connectivity index (χ1) is 11.6. The monoisotopic (exact) mass is 337 g/mol. The fourth-order valence-electron chi connectivity index (χ4n) is 1.60. The molecule has 2 rings (SSSR count). The third-order valence-corrected chi connectivity index (χ3v) is 2.60. The Balaban J connectivity index is 0.000000501. The van der Waals surface area contributed by atoms with Gasteiger partial charge in [-0.05, 0) is 38.6 Å². The van der Waals surface area contributed by atoms with Crippen LogP contribution in [-0.2, 0) is 20.9 Å². The van der Waals surface area contributed by atoms with E-state index in [1.807, 2.05) is 34.7 Å². The fourth-order valence-corrected chi connectivity index (χ4v) is 1.60. The van der Waals surface area contributed by atoms with Gasteiger partial charge in [0, 0.05) is 6.07 Å². The molecule has 0 spiro atoms. The summed E-state index contributed by atoms with van der Waals surface area (Å²) in [4.78, 5) is 21.4. The van der Waals surface area contributed by atoms with Crippen molar-refractivity contribution >= 4 is 17.4 Å². The molecule has 134 valence electrons. The predicted octanol–water partition coefficient (Wildman–Crippen LogP) is 3.08. The number of carbonyl (C=O) groups excluding carboxylic acids is 1. The molecule has 0 saturated carbocycles. The van der Waals surface area contributed by atoms with Crippen LogP contribution in [0.25, 0.3) is 11.0 Å². The van der Waals surface area contributed by atoms with Crippen molar-refractivity contribution < 1.29 is 18.7 Å². The number of carbonyl (C=O) groups is 1. The van der Waals surface area contributed by atoms with Crippen LogP contribution in [0.3, 0.4) is 0 Å². The number of hydrogen-bond acceptors (Lipinski definition) is 6. The van der Waals surface area contributed by atoms with Crippen molar-refractivity contribution in [1.82, 2.24) is 5.32 Å². The van der Waals surface area contributed by atoms with Gasteiger partial charge in [0.15, 0.2) is 5.43 Å². The number of hydrogen-bond donors (Lipinski definition) is 1. The molecule has 0 bridgehead atoms. The van der Waals surface area contributed by atoms with Crippen molar-refractivity contribution in [3.05, 3.63) is 46.3 Å². The van der Waals surface area contributed by atoms with Crippen LogP contribution in [0.1, 0.15) is 33.3 Å². The summed E-state index contributed by atoms with van der Waals surface area (Å²) in [7, 11) is 1.86. The van der Waals surface area contributed by atoms with E-state index in [-0.39, 0.29) is 12.0 Å². The first kappa shape index (κ1) is 21.8. The average Bonchev–Trinajstić information content (AvgIpc) is 2.60. The Kier molecular flexibility index (Phi) is 12.1. The largest absolute Gasteiger partial charge is 0.464 e. The summed E-state index contributed by atoms with van der Waals surface area (Å²) >= 11 is 0. The maximum absolute atomic E-state index is 11.4. The first-order valence-corrected chi connectivity index (χ1v) is 7.90. The molecular weight excluding hydrogens is 310 g/mol. The van der Waals surface area contributed by atoms with Gasteiger partial charge >= 0.3 is 0 Å². The molecule has 0 radical (unpaired) electrons. The minimum atomic E-state index is -0.0842. The molecule has 0 saturated heterocycles. The molecule has 1 aromatic carbocycles. The van der Waals surface area contributed by atoms with Gasteiger partial charge in [-0.2, -0.15) is 0 Å². The minimum absolute atomic E-state index is 0.0842. The maximum Gasteiger partial charge on any atom is 0.293 e. The SMILES string of the molecule is CC.CNCOC(C)C.O=COCc1ccc2c(=O)ccoc2c1. The van der Waals surface area contributed by atoms with E-state index < -0.39 is 0 Å². The molecule has 0 aliphatic rings. The van der Waals surface area contributed by atoms with Crippen molar-refractivity contribution in [3.63, 3.8) is 0 Å². The molecule has 0 unspecified atom stereocenters. The number of fused-ring (bicyclic) bond motifs is 1. The molecule has 0 fully saturated rings. The van der Waals surface area contributed by atoms with E-state index in [0.29, 0.717) is 30.3 Å². The molecule has 0 amide bonds. The van der Waals surface area contributed by atoms with E-state index >= 15 is 0 Å². The van der Waals surface area contributed by atoms with E-state index in [9.17, 15) is 9.59 Å². The van der Waals surface area contributed by atoms with Crippen LogP contribution in [0, 0.1) is 0 Å². The summed E-state index contributed by atoms with van der Waals surface area (Å²) in [5, 5.41) is 3.40. The van der Waals surface area contributed by atoms with E-state index in [1.54, 1.807) is 18.2 Å². The zero-order valence-corrected chi connectivity index (χ0v) is 15.0. The highest BCUT2D eigenvalue weighted by atomic mass is 16.5. The highest BCUT2D eigenvalue weighted by molar-refractivity contribution is 5.76. The van der Waals surface area contributed by atoms with Crippen molar-refractivity contribution in [2.75, 3.05) is 13.8 Å². The Hall–Kier alpha value is -2.18. The highest BCUT2D eigenvalue weighted by Crippen LogP contribution is 2.12. The van der Waals surface area contributed by atoms with Crippen LogP contribution in [0.2, 0.25) is 0 Å². The van der Waals surface area contributed by atoms with Gasteiger partial charge in [-0.15, -0.1) is 0 Å². The third-order valence-electron chi connectivity index (χ3n) is 2.60. The Morgan fingerprint density at radius 2 is 1.96 bits per heavy atom. The second kappa shape index (κ2) is 13.3. The van der Waals surface area contributed by atoms with Crippen LogP contribution in [0.4, 0.5) is 0 Å². The molecule has 6 heteroatoms. The van der Waals surface area contributed by atoms with Crippen LogP contribution in [0.15, 0.2) is 39.7 Å². The summed E-state index contributed by atoms with van der Waals surface area (Å²) in [5.41, 5.74) is 1.19. The molecule has 1 aromatic heterocycles. The summed E-state index contributed by atoms with van der Waals surface area (Å²) in [6, 6.07) is 6.43. The van der Waals surface area contributed by atoms with Gasteiger partial charge in [0.25, 0.3) is 6.47 Å². The van der Waals surface area contributed by atoms with E-state index in [0.717, 1.165) is 5.56 Å². The first-order valence-electron chi connectivity index (χ1n) is 7.90. The molecule has 2 aromatic rings. The van der Waals surface area contributed by atoms with Gasteiger partial charge in [-0.25, -0.2) is 0 Å². The van der Waals surface area contributed by atoms with Crippen molar-refractivity contribution in [1.29, 1.82) is 0 Å². The van der Waals surface area contributed by atoms with E-state index in [4.69, 9.17) is 9.15 Å². The fraction of sp³-hybridized carbons (Fsp3) is 0.444. The lowest BCUT2D eigenvalue weighted by molar-refractivity contribution is -0.129. The van der Waals surface area contributed by atoms with Crippen molar-refractivity contribution in [2.24, 2.45) is 0 Å². The maximum atomic E-state index is 11.4. The number of nitrogens with one attached hydrogen (secondary N) is 1. The Bertz CT molecular complexity index is 637. The van der Waals surface area contributed by atoms with Gasteiger partial charge in [0.2, 0.25) is 0 Å². The molecule has 1 heterocycles. The molecule has 24 heavy (non-hydrogen) atoms. The Morgan fingerprint density at radius 3 is 2.50 bits per heavy atom. The van der Waals surface area contributed by atoms with Gasteiger partial charge in [0.05, 0.1) is 24.5 Å². The quantitative estimate of drug-likeness (QED) is 0.645. The number of rotatable bonds is 6. The van der Waals surface area contributed by atoms with Crippen molar-refractivity contribution in [2.45, 2.75) is 40.4 Å². The lowest BCUT2D eigenvalue weighted by Gasteiger charge is -2.03. The molecule has 6 nitrogen and oxygen atoms in total. The van der Waals surface area contributed by atoms with Gasteiger partial charge in [0.1, 0.15) is 12.2 Å². The number of ether oxygens (including phenoxy) is 2. The standard InChI is InChI=1S/C11H8O4.C5H13NO.C2H6/c12-7-14-6-8-1-2-9-10(13)3-4-15-11(9)5-8;1-5(2)7-4-6-3;1-2/h1-5,7H,6H2;5-6H,4H2,1-3H3;1-2H3. The molecule has 0 atom stereocenters. The van der Waals surface area contributed by atoms with Crippen LogP contribution in [-0.4, -0.2) is 26.4 Å². The topological polar surface area (TPSA) is 77.8 Å².